The monoisotopic (exact) mass is 541 g/mol. The second kappa shape index (κ2) is 11.2. The maximum atomic E-state index is 14.2. The highest BCUT2D eigenvalue weighted by atomic mass is 19.4. The van der Waals surface area contributed by atoms with Gasteiger partial charge in [0.15, 0.2) is 0 Å². The molecular weight excluding hydrogens is 511 g/mol. The molecule has 3 heterocycles. The van der Waals surface area contributed by atoms with Crippen LogP contribution in [0.1, 0.15) is 35.1 Å². The lowest BCUT2D eigenvalue weighted by Crippen LogP contribution is -2.27. The Hall–Kier alpha value is -3.70. The van der Waals surface area contributed by atoms with Gasteiger partial charge in [-0.3, -0.25) is 14.6 Å². The maximum Gasteiger partial charge on any atom is 0.417 e. The first-order valence-electron chi connectivity index (χ1n) is 12.8. The number of anilines is 2. The molecule has 2 N–H and O–H groups in total. The first-order chi connectivity index (χ1) is 18.7. The van der Waals surface area contributed by atoms with Crippen LogP contribution in [0.3, 0.4) is 0 Å². The third-order valence-corrected chi connectivity index (χ3v) is 7.00. The van der Waals surface area contributed by atoms with Crippen molar-refractivity contribution < 1.29 is 27.4 Å². The van der Waals surface area contributed by atoms with Crippen LogP contribution in [-0.4, -0.2) is 54.2 Å². The van der Waals surface area contributed by atoms with Crippen molar-refractivity contribution in [3.8, 4) is 17.1 Å². The van der Waals surface area contributed by atoms with Crippen LogP contribution >= 0.6 is 0 Å². The van der Waals surface area contributed by atoms with Gasteiger partial charge in [-0.1, -0.05) is 36.4 Å². The van der Waals surface area contributed by atoms with E-state index in [1.165, 1.54) is 30.9 Å². The van der Waals surface area contributed by atoms with Crippen LogP contribution in [0.4, 0.5) is 24.8 Å². The SMILES string of the molecule is COCCOc1nc(N)c2c(n1)N(Cc1ccc(-c3ccc(CN4CCCC4)cc3)c(C(F)(F)F)c1)C(=O)C2. The number of ether oxygens (including phenoxy) is 2. The van der Waals surface area contributed by atoms with Crippen LogP contribution in [0.5, 0.6) is 6.01 Å². The molecule has 1 fully saturated rings. The highest BCUT2D eigenvalue weighted by molar-refractivity contribution is 6.01. The second-order valence-corrected chi connectivity index (χ2v) is 9.75. The number of carbonyl (C=O) groups is 1. The minimum atomic E-state index is -4.58. The predicted octanol–water partition coefficient (Wildman–Crippen LogP) is 4.45. The third kappa shape index (κ3) is 5.99. The number of carbonyl (C=O) groups excluding carboxylic acids is 1. The largest absolute Gasteiger partial charge is 0.461 e. The summed E-state index contributed by atoms with van der Waals surface area (Å²) in [5.41, 5.74) is 7.66. The zero-order valence-electron chi connectivity index (χ0n) is 21.6. The van der Waals surface area contributed by atoms with Gasteiger partial charge in [0.1, 0.15) is 18.2 Å². The molecular formula is C28H30F3N5O3. The van der Waals surface area contributed by atoms with Gasteiger partial charge in [-0.2, -0.15) is 23.1 Å². The van der Waals surface area contributed by atoms with E-state index in [1.807, 2.05) is 12.1 Å². The second-order valence-electron chi connectivity index (χ2n) is 9.75. The molecule has 1 saturated heterocycles. The number of likely N-dealkylation sites (tertiary alicyclic amines) is 1. The quantitative estimate of drug-likeness (QED) is 0.400. The van der Waals surface area contributed by atoms with Gasteiger partial charge >= 0.3 is 12.2 Å². The average Bonchev–Trinajstić information content (AvgIpc) is 3.52. The summed E-state index contributed by atoms with van der Waals surface area (Å²) in [6.45, 7) is 3.27. The van der Waals surface area contributed by atoms with E-state index in [4.69, 9.17) is 15.2 Å². The molecule has 0 bridgehead atoms. The third-order valence-electron chi connectivity index (χ3n) is 7.00. The Balaban J connectivity index is 1.40. The van der Waals surface area contributed by atoms with Crippen LogP contribution in [0.25, 0.3) is 11.1 Å². The molecule has 206 valence electrons. The van der Waals surface area contributed by atoms with Crippen molar-refractivity contribution in [1.82, 2.24) is 14.9 Å². The Kier molecular flexibility index (Phi) is 7.72. The summed E-state index contributed by atoms with van der Waals surface area (Å²) >= 11 is 0. The van der Waals surface area contributed by atoms with E-state index in [1.54, 1.807) is 18.2 Å². The van der Waals surface area contributed by atoms with Crippen LogP contribution in [0.15, 0.2) is 42.5 Å². The predicted molar refractivity (Wildman–Crippen MR) is 140 cm³/mol. The van der Waals surface area contributed by atoms with Crippen molar-refractivity contribution in [2.24, 2.45) is 0 Å². The lowest BCUT2D eigenvalue weighted by Gasteiger charge is -2.20. The summed E-state index contributed by atoms with van der Waals surface area (Å²) < 4.78 is 53.0. The van der Waals surface area contributed by atoms with Crippen molar-refractivity contribution in [3.63, 3.8) is 0 Å². The first-order valence-corrected chi connectivity index (χ1v) is 12.8. The lowest BCUT2D eigenvalue weighted by molar-refractivity contribution is -0.137. The minimum Gasteiger partial charge on any atom is -0.461 e. The van der Waals surface area contributed by atoms with Crippen LogP contribution in [-0.2, 0) is 35.2 Å². The summed E-state index contributed by atoms with van der Waals surface area (Å²) in [4.78, 5) is 24.8. The van der Waals surface area contributed by atoms with Crippen LogP contribution in [0.2, 0.25) is 0 Å². The van der Waals surface area contributed by atoms with Crippen LogP contribution < -0.4 is 15.4 Å². The molecule has 11 heteroatoms. The molecule has 5 rings (SSSR count). The molecule has 39 heavy (non-hydrogen) atoms. The Labute approximate surface area is 224 Å². The van der Waals surface area contributed by atoms with Gasteiger partial charge in [0.05, 0.1) is 25.1 Å². The summed E-state index contributed by atoms with van der Waals surface area (Å²) in [5, 5.41) is 0. The molecule has 0 radical (unpaired) electrons. The average molecular weight is 542 g/mol. The maximum absolute atomic E-state index is 14.2. The Bertz CT molecular complexity index is 1340. The smallest absolute Gasteiger partial charge is 0.417 e. The standard InChI is InChI=1S/C28H30F3N5O3/c1-38-12-13-39-27-33-25(32)22-15-24(37)36(26(22)34-27)17-19-6-9-21(23(14-19)28(29,30)31)20-7-4-18(5-8-20)16-35-10-2-3-11-35/h4-9,14H,2-3,10-13,15-17H2,1H3,(H2,32,33,34). The number of alkyl halides is 3. The molecule has 2 aliphatic heterocycles. The summed E-state index contributed by atoms with van der Waals surface area (Å²) in [6, 6.07) is 11.4. The number of benzene rings is 2. The number of methoxy groups -OCH3 is 1. The number of hydrogen-bond donors (Lipinski definition) is 1. The van der Waals surface area contributed by atoms with E-state index in [-0.39, 0.29) is 48.7 Å². The number of nitrogen functional groups attached to an aromatic ring is 1. The molecule has 2 aromatic carbocycles. The van der Waals surface area contributed by atoms with Gasteiger partial charge in [0, 0.05) is 19.2 Å². The molecule has 8 nitrogen and oxygen atoms in total. The number of hydrogen-bond acceptors (Lipinski definition) is 7. The molecule has 1 aromatic heterocycles. The summed E-state index contributed by atoms with van der Waals surface area (Å²) in [5.74, 6) is 0.0141. The van der Waals surface area contributed by atoms with E-state index in [9.17, 15) is 18.0 Å². The summed E-state index contributed by atoms with van der Waals surface area (Å²) in [7, 11) is 1.52. The van der Waals surface area contributed by atoms with E-state index in [2.05, 4.69) is 14.9 Å². The summed E-state index contributed by atoms with van der Waals surface area (Å²) in [6.07, 6.45) is -2.26. The highest BCUT2D eigenvalue weighted by Gasteiger charge is 2.36. The fourth-order valence-corrected chi connectivity index (χ4v) is 5.02. The number of halogens is 3. The van der Waals surface area contributed by atoms with Crippen molar-refractivity contribution in [3.05, 3.63) is 64.7 Å². The fourth-order valence-electron chi connectivity index (χ4n) is 5.02. The highest BCUT2D eigenvalue weighted by Crippen LogP contribution is 2.39. The molecule has 2 aliphatic rings. The molecule has 3 aromatic rings. The Morgan fingerprint density at radius 2 is 1.69 bits per heavy atom. The first kappa shape index (κ1) is 26.9. The molecule has 0 unspecified atom stereocenters. The van der Waals surface area contributed by atoms with Gasteiger partial charge in [0.25, 0.3) is 0 Å². The molecule has 0 atom stereocenters. The van der Waals surface area contributed by atoms with Gasteiger partial charge in [-0.15, -0.1) is 0 Å². The van der Waals surface area contributed by atoms with Crippen molar-refractivity contribution >= 4 is 17.5 Å². The number of nitrogens with zero attached hydrogens (tertiary/aromatic N) is 4. The lowest BCUT2D eigenvalue weighted by atomic mass is 9.96. The normalized spacial score (nSPS) is 15.7. The van der Waals surface area contributed by atoms with Crippen LogP contribution in [0, 0.1) is 0 Å². The van der Waals surface area contributed by atoms with E-state index in [0.717, 1.165) is 31.3 Å². The zero-order chi connectivity index (χ0) is 27.6. The van der Waals surface area contributed by atoms with E-state index in [0.29, 0.717) is 23.3 Å². The molecule has 0 spiro atoms. The number of fused-ring (bicyclic) bond motifs is 1. The molecule has 0 saturated carbocycles. The zero-order valence-corrected chi connectivity index (χ0v) is 21.6. The minimum absolute atomic E-state index is 0.0255. The van der Waals surface area contributed by atoms with Gasteiger partial charge in [-0.05, 0) is 54.3 Å². The van der Waals surface area contributed by atoms with E-state index < -0.39 is 11.7 Å². The topological polar surface area (TPSA) is 93.8 Å². The van der Waals surface area contributed by atoms with Gasteiger partial charge in [-0.25, -0.2) is 0 Å². The molecule has 1 amide bonds. The van der Waals surface area contributed by atoms with Crippen molar-refractivity contribution in [1.29, 1.82) is 0 Å². The number of amides is 1. The number of rotatable bonds is 9. The Morgan fingerprint density at radius 3 is 2.38 bits per heavy atom. The van der Waals surface area contributed by atoms with Crippen molar-refractivity contribution in [2.75, 3.05) is 44.0 Å². The fraction of sp³-hybridized carbons (Fsp3) is 0.393. The van der Waals surface area contributed by atoms with Gasteiger partial charge in [0.2, 0.25) is 5.91 Å². The van der Waals surface area contributed by atoms with Crippen molar-refractivity contribution in [2.45, 2.75) is 38.5 Å². The number of nitrogens with two attached hydrogens (primary N) is 1. The molecule has 0 aliphatic carbocycles. The number of aromatic nitrogens is 2. The Morgan fingerprint density at radius 1 is 0.974 bits per heavy atom. The van der Waals surface area contributed by atoms with Gasteiger partial charge < -0.3 is 15.2 Å². The van der Waals surface area contributed by atoms with E-state index >= 15 is 0 Å².